The Hall–Kier alpha value is -21.2. The van der Waals surface area contributed by atoms with Gasteiger partial charge in [-0.2, -0.15) is 14.9 Å². The Balaban J connectivity index is 0.000000148. The summed E-state index contributed by atoms with van der Waals surface area (Å²) in [7, 11) is 1.51. The van der Waals surface area contributed by atoms with Crippen molar-refractivity contribution >= 4 is 69.6 Å². The Bertz CT molecular complexity index is 7690. The number of halogens is 4. The molecular weight excluding hydrogens is 1900 g/mol. The summed E-state index contributed by atoms with van der Waals surface area (Å²) in [5, 5.41) is 34.6. The Labute approximate surface area is 843 Å². The van der Waals surface area contributed by atoms with E-state index in [4.69, 9.17) is 39.6 Å². The molecule has 0 aliphatic heterocycles. The fourth-order valence-electron chi connectivity index (χ4n) is 13.0. The van der Waals surface area contributed by atoms with E-state index < -0.39 is 40.8 Å². The highest BCUT2D eigenvalue weighted by Gasteiger charge is 2.20. The van der Waals surface area contributed by atoms with E-state index in [1.54, 1.807) is 152 Å². The van der Waals surface area contributed by atoms with Crippen LogP contribution in [0.15, 0.2) is 367 Å². The van der Waals surface area contributed by atoms with Crippen molar-refractivity contribution in [1.82, 2.24) is 59.8 Å². The smallest absolute Gasteiger partial charge is 0.255 e. The SMILES string of the molecule is C#Cc1cccc(C(=O)Nc2cc(F)c(F)c(Oc3cncnc3)c2)c1.COc1cccc(C(=O)Nc2cc(F)cc(Oc3cncnc3)c2)c1.Cc1cccc(C(=O)Nc2cc(C#N)cc(Oc3cncnc3)c2)c1.Cc1cccc(C(=O)Nc2cc(C#N)cc(Oc3cncnc3)c2)c1.Cc1cccc(C(=O)Nc2cc(F)cc(Oc3cncnc3)c2)c1.Cc1cccc(C(=O)Nc2cccc(Oc3cncnc3)c2)c1. The number of hydrogen-bond donors (Lipinski definition) is 6. The van der Waals surface area contributed by atoms with E-state index in [-0.39, 0.29) is 57.8 Å². The molecule has 18 rings (SSSR count). The van der Waals surface area contributed by atoms with Gasteiger partial charge in [-0.3, -0.25) is 28.8 Å². The van der Waals surface area contributed by atoms with Crippen molar-refractivity contribution in [2.24, 2.45) is 0 Å². The van der Waals surface area contributed by atoms with E-state index in [0.717, 1.165) is 34.4 Å². The zero-order valence-corrected chi connectivity index (χ0v) is 78.8. The second-order valence-electron chi connectivity index (χ2n) is 31.1. The number of nitrogens with zero attached hydrogens (tertiary/aromatic N) is 14. The molecule has 0 bridgehead atoms. The topological polar surface area (TPSA) is 441 Å². The average Bonchev–Trinajstić information content (AvgIpc) is 0.817. The van der Waals surface area contributed by atoms with E-state index in [0.29, 0.717) is 119 Å². The number of terminal acetylenes is 1. The molecule has 0 saturated heterocycles. The van der Waals surface area contributed by atoms with Crippen LogP contribution in [0.25, 0.3) is 0 Å². The normalized spacial score (nSPS) is 10.1. The fourth-order valence-corrected chi connectivity index (χ4v) is 13.0. The van der Waals surface area contributed by atoms with Crippen LogP contribution in [0.1, 0.15) is 101 Å². The van der Waals surface area contributed by atoms with Gasteiger partial charge in [-0.05, 0) is 161 Å². The molecule has 6 amide bonds. The van der Waals surface area contributed by atoms with Crippen LogP contribution in [-0.4, -0.2) is 102 Å². The maximum Gasteiger partial charge on any atom is 0.255 e. The molecule has 0 spiro atoms. The first-order valence-electron chi connectivity index (χ1n) is 44.0. The minimum atomic E-state index is -1.19. The van der Waals surface area contributed by atoms with Crippen molar-refractivity contribution < 1.29 is 79.5 Å². The predicted molar refractivity (Wildman–Crippen MR) is 540 cm³/mol. The predicted octanol–water partition coefficient (Wildman–Crippen LogP) is 22.7. The highest BCUT2D eigenvalue weighted by molar-refractivity contribution is 6.08. The van der Waals surface area contributed by atoms with Gasteiger partial charge in [-0.1, -0.05) is 94.9 Å². The van der Waals surface area contributed by atoms with Crippen molar-refractivity contribution in [1.29, 1.82) is 10.5 Å². The molecule has 37 heteroatoms. The van der Waals surface area contributed by atoms with Gasteiger partial charge in [0.2, 0.25) is 5.82 Å². The fraction of sp³-hybridized carbons (Fsp3) is 0.0450. The highest BCUT2D eigenvalue weighted by atomic mass is 19.2. The molecule has 6 aromatic heterocycles. The molecule has 18 aromatic rings. The highest BCUT2D eigenvalue weighted by Crippen LogP contribution is 2.34. The van der Waals surface area contributed by atoms with E-state index in [2.05, 4.69) is 110 Å². The minimum absolute atomic E-state index is 0.0202. The van der Waals surface area contributed by atoms with E-state index in [1.165, 1.54) is 150 Å². The number of aryl methyl sites for hydroxylation is 4. The van der Waals surface area contributed by atoms with Gasteiger partial charge in [-0.25, -0.2) is 73.0 Å². The maximum atomic E-state index is 14.0. The van der Waals surface area contributed by atoms with Gasteiger partial charge in [0, 0.05) is 128 Å². The van der Waals surface area contributed by atoms with Gasteiger partial charge in [-0.15, -0.1) is 6.42 Å². The summed E-state index contributed by atoms with van der Waals surface area (Å²) in [5.41, 5.74) is 10.3. The molecule has 6 heterocycles. The van der Waals surface area contributed by atoms with Crippen LogP contribution in [0.3, 0.4) is 0 Å². The van der Waals surface area contributed by atoms with Crippen LogP contribution < -0.4 is 65.1 Å². The average molecular weight is 1980 g/mol. The number of carbonyl (C=O) groups excluding carboxylic acids is 6. The summed E-state index contributed by atoms with van der Waals surface area (Å²) in [6.45, 7) is 7.68. The van der Waals surface area contributed by atoms with Crippen LogP contribution in [0, 0.1) is 86.0 Å². The number of aromatic nitrogens is 12. The molecule has 12 aromatic carbocycles. The summed E-state index contributed by atoms with van der Waals surface area (Å²) >= 11 is 0. The van der Waals surface area contributed by atoms with Crippen LogP contribution in [0.5, 0.6) is 74.7 Å². The number of anilines is 6. The third-order valence-electron chi connectivity index (χ3n) is 19.6. The van der Waals surface area contributed by atoms with Gasteiger partial charge < -0.3 is 65.1 Å². The molecule has 0 aliphatic rings. The Morgan fingerprint density at radius 2 is 0.534 bits per heavy atom. The van der Waals surface area contributed by atoms with E-state index in [9.17, 15) is 56.9 Å². The van der Waals surface area contributed by atoms with E-state index >= 15 is 0 Å². The third-order valence-corrected chi connectivity index (χ3v) is 19.6. The Morgan fingerprint density at radius 1 is 0.264 bits per heavy atom. The van der Waals surface area contributed by atoms with E-state index in [1.807, 2.05) is 88.4 Å². The number of benzene rings is 12. The molecule has 33 nitrogen and oxygen atoms in total. The molecule has 0 atom stereocenters. The quantitative estimate of drug-likeness (QED) is 0.0229. The number of carbonyl (C=O) groups is 6. The van der Waals surface area contributed by atoms with Gasteiger partial charge >= 0.3 is 0 Å². The first-order chi connectivity index (χ1) is 71.8. The second-order valence-corrected chi connectivity index (χ2v) is 31.1. The van der Waals surface area contributed by atoms with Gasteiger partial charge in [0.05, 0.1) is 105 Å². The molecular formula is C111H82F4N20O13. The van der Waals surface area contributed by atoms with Gasteiger partial charge in [0.15, 0.2) is 46.1 Å². The van der Waals surface area contributed by atoms with Crippen molar-refractivity contribution in [3.8, 4) is 99.2 Å². The van der Waals surface area contributed by atoms with Crippen LogP contribution in [-0.2, 0) is 0 Å². The molecule has 732 valence electrons. The number of rotatable bonds is 25. The first kappa shape index (κ1) is 104. The molecule has 0 saturated carbocycles. The number of amides is 6. The summed E-state index contributed by atoms with van der Waals surface area (Å²) in [6.07, 6.45) is 31.1. The van der Waals surface area contributed by atoms with Crippen molar-refractivity contribution in [2.75, 3.05) is 39.0 Å². The summed E-state index contributed by atoms with van der Waals surface area (Å²) < 4.78 is 93.6. The van der Waals surface area contributed by atoms with Crippen LogP contribution >= 0.6 is 0 Å². The number of nitriles is 2. The monoisotopic (exact) mass is 1980 g/mol. The van der Waals surface area contributed by atoms with Crippen molar-refractivity contribution in [2.45, 2.75) is 27.7 Å². The van der Waals surface area contributed by atoms with Crippen LogP contribution in [0.4, 0.5) is 51.7 Å². The van der Waals surface area contributed by atoms with Crippen molar-refractivity contribution in [3.63, 3.8) is 0 Å². The summed E-state index contributed by atoms with van der Waals surface area (Å²) in [5.74, 6) is 1.36. The zero-order valence-electron chi connectivity index (χ0n) is 78.8. The molecule has 0 aliphatic carbocycles. The van der Waals surface area contributed by atoms with Gasteiger partial charge in [0.25, 0.3) is 35.4 Å². The molecule has 0 radical (unpaired) electrons. The number of methoxy groups -OCH3 is 1. The van der Waals surface area contributed by atoms with Gasteiger partial charge in [0.1, 0.15) is 84.1 Å². The second kappa shape index (κ2) is 52.7. The molecule has 6 N–H and O–H groups in total. The largest absolute Gasteiger partial charge is 0.497 e. The molecule has 148 heavy (non-hydrogen) atoms. The molecule has 0 fully saturated rings. The zero-order chi connectivity index (χ0) is 104. The lowest BCUT2D eigenvalue weighted by molar-refractivity contribution is 0.101. The number of ether oxygens (including phenoxy) is 7. The third kappa shape index (κ3) is 33.0. The summed E-state index contributed by atoms with van der Waals surface area (Å²) in [6, 6.07) is 72.9. The lowest BCUT2D eigenvalue weighted by Gasteiger charge is -2.10. The Kier molecular flexibility index (Phi) is 37.1. The molecule has 0 unspecified atom stereocenters. The first-order valence-corrected chi connectivity index (χ1v) is 44.0. The maximum absolute atomic E-state index is 14.0. The van der Waals surface area contributed by atoms with Crippen molar-refractivity contribution in [3.05, 3.63) is 463 Å². The standard InChI is InChI=1S/C19H11F2N3O2.2C19H14N4O2.C18H14FN3O3.C18H14FN3O2.C18H15N3O2/c1-2-12-4-3-5-13(6-12)19(25)24-14-7-16(20)18(21)17(8-14)26-15-9-22-11-23-10-15;2*1-13-3-2-4-15(5-13)19(24)23-16-6-14(9-20)7-17(8-16)25-18-10-21-12-22-11-18;1-24-15-4-2-3-12(5-15)18(23)22-14-6-13(19)7-16(8-14)25-17-9-20-11-21-10-17;1-12-3-2-4-13(5-12)18(23)22-15-6-14(19)7-16(8-15)24-17-9-20-11-21-10-17;1-13-4-2-5-14(8-13)18(22)21-15-6-3-7-16(9-15)23-17-10-19-12-20-11-17/h1,3-11H,(H,24,25);2*2-8,10-12H,1H3,(H,23,24);2-11H,1H3,(H,22,23);2-11H,1H3,(H,22,23);2-12H,1H3,(H,21,22). The summed E-state index contributed by atoms with van der Waals surface area (Å²) in [4.78, 5) is 120. The lowest BCUT2D eigenvalue weighted by Crippen LogP contribution is -2.12. The van der Waals surface area contributed by atoms with Crippen LogP contribution in [0.2, 0.25) is 0 Å². The Morgan fingerprint density at radius 3 is 0.865 bits per heavy atom. The number of hydrogen-bond acceptors (Lipinski definition) is 27. The lowest BCUT2D eigenvalue weighted by atomic mass is 10.1. The minimum Gasteiger partial charge on any atom is -0.497 e. The number of nitrogens with one attached hydrogen (secondary N) is 6.